The molecule has 6 heteroatoms. The van der Waals surface area contributed by atoms with Crippen molar-refractivity contribution in [2.24, 2.45) is 0 Å². The Morgan fingerprint density at radius 1 is 1.05 bits per heavy atom. The second-order valence-electron chi connectivity index (χ2n) is 5.19. The van der Waals surface area contributed by atoms with E-state index < -0.39 is 0 Å². The van der Waals surface area contributed by atoms with Gasteiger partial charge >= 0.3 is 0 Å². The minimum absolute atomic E-state index is 0.0728. The number of unbranched alkanes of at least 4 members (excludes halogenated alkanes) is 2. The molecule has 6 nitrogen and oxygen atoms in total. The van der Waals surface area contributed by atoms with Crippen molar-refractivity contribution < 1.29 is 14.4 Å². The van der Waals surface area contributed by atoms with Gasteiger partial charge in [-0.2, -0.15) is 0 Å². The molecule has 0 spiro atoms. The van der Waals surface area contributed by atoms with Crippen molar-refractivity contribution in [3.8, 4) is 0 Å². The van der Waals surface area contributed by atoms with E-state index in [1.165, 1.54) is 6.08 Å². The van der Waals surface area contributed by atoms with E-state index in [0.29, 0.717) is 39.1 Å². The van der Waals surface area contributed by atoms with E-state index in [9.17, 15) is 14.4 Å². The number of amides is 3. The number of hydrogen-bond acceptors (Lipinski definition) is 3. The van der Waals surface area contributed by atoms with E-state index in [0.717, 1.165) is 19.3 Å². The molecule has 1 saturated heterocycles. The summed E-state index contributed by atoms with van der Waals surface area (Å²) >= 11 is 0. The third-order valence-corrected chi connectivity index (χ3v) is 3.63. The average Bonchev–Trinajstić information content (AvgIpc) is 2.50. The van der Waals surface area contributed by atoms with Gasteiger partial charge in [-0.25, -0.2) is 0 Å². The average molecular weight is 295 g/mol. The lowest BCUT2D eigenvalue weighted by Crippen LogP contribution is -2.50. The Kier molecular flexibility index (Phi) is 7.50. The van der Waals surface area contributed by atoms with Crippen molar-refractivity contribution in [3.05, 3.63) is 12.7 Å². The summed E-state index contributed by atoms with van der Waals surface area (Å²) in [5.74, 6) is 0.0754. The van der Waals surface area contributed by atoms with Crippen LogP contribution in [0.25, 0.3) is 0 Å². The van der Waals surface area contributed by atoms with E-state index in [1.807, 2.05) is 4.90 Å². The van der Waals surface area contributed by atoms with Gasteiger partial charge in [-0.15, -0.1) is 0 Å². The Morgan fingerprint density at radius 2 is 1.67 bits per heavy atom. The molecule has 0 saturated carbocycles. The molecule has 0 atom stereocenters. The molecule has 1 N–H and O–H groups in total. The van der Waals surface area contributed by atoms with Gasteiger partial charge in [-0.05, 0) is 18.9 Å². The fourth-order valence-electron chi connectivity index (χ4n) is 2.29. The third kappa shape index (κ3) is 6.42. The van der Waals surface area contributed by atoms with E-state index in [2.05, 4.69) is 11.9 Å². The summed E-state index contributed by atoms with van der Waals surface area (Å²) in [4.78, 5) is 37.7. The van der Waals surface area contributed by atoms with Gasteiger partial charge in [0.05, 0.1) is 0 Å². The maximum absolute atomic E-state index is 12.0. The molecule has 0 unspecified atom stereocenters. The second-order valence-corrected chi connectivity index (χ2v) is 5.19. The first-order valence-electron chi connectivity index (χ1n) is 7.48. The smallest absolute Gasteiger partial charge is 0.243 e. The van der Waals surface area contributed by atoms with Crippen LogP contribution in [0.3, 0.4) is 0 Å². The van der Waals surface area contributed by atoms with Crippen molar-refractivity contribution in [2.45, 2.75) is 32.6 Å². The van der Waals surface area contributed by atoms with Crippen LogP contribution in [0.5, 0.6) is 0 Å². The highest BCUT2D eigenvalue weighted by Crippen LogP contribution is 2.07. The molecule has 1 fully saturated rings. The summed E-state index contributed by atoms with van der Waals surface area (Å²) < 4.78 is 0. The zero-order valence-electron chi connectivity index (χ0n) is 12.8. The van der Waals surface area contributed by atoms with Crippen LogP contribution < -0.4 is 5.32 Å². The van der Waals surface area contributed by atoms with Gasteiger partial charge in [0.2, 0.25) is 17.7 Å². The first kappa shape index (κ1) is 17.2. The first-order valence-corrected chi connectivity index (χ1v) is 7.48. The fraction of sp³-hybridized carbons (Fsp3) is 0.667. The maximum Gasteiger partial charge on any atom is 0.243 e. The molecule has 0 aromatic carbocycles. The number of nitrogens with one attached hydrogen (secondary N) is 1. The minimum Gasteiger partial charge on any atom is -0.353 e. The summed E-state index contributed by atoms with van der Waals surface area (Å²) in [7, 11) is 0. The molecule has 3 amide bonds. The second kappa shape index (κ2) is 9.15. The molecule has 1 aliphatic heterocycles. The molecule has 0 aliphatic carbocycles. The number of carbonyl (C=O) groups excluding carboxylic acids is 3. The highest BCUT2D eigenvalue weighted by molar-refractivity contribution is 5.86. The summed E-state index contributed by atoms with van der Waals surface area (Å²) in [6, 6.07) is 0. The quantitative estimate of drug-likeness (QED) is 0.550. The van der Waals surface area contributed by atoms with Crippen molar-refractivity contribution in [1.29, 1.82) is 0 Å². The van der Waals surface area contributed by atoms with Gasteiger partial charge in [0.15, 0.2) is 0 Å². The van der Waals surface area contributed by atoms with Gasteiger partial charge in [-0.1, -0.05) is 13.0 Å². The van der Waals surface area contributed by atoms with Gasteiger partial charge in [0.25, 0.3) is 0 Å². The summed E-state index contributed by atoms with van der Waals surface area (Å²) in [5.41, 5.74) is 0. The summed E-state index contributed by atoms with van der Waals surface area (Å²) in [6.45, 7) is 8.09. The van der Waals surface area contributed by atoms with Crippen molar-refractivity contribution in [3.63, 3.8) is 0 Å². The molecule has 1 aliphatic rings. The predicted molar refractivity (Wildman–Crippen MR) is 80.5 cm³/mol. The molecule has 1 heterocycles. The standard InChI is InChI=1S/C15H25N3O3/c1-3-14(20)16-8-6-4-5-7-15(21)18-11-9-17(10-12-18)13(2)19/h3H,1,4-12H2,2H3,(H,16,20). The first-order chi connectivity index (χ1) is 10.0. The highest BCUT2D eigenvalue weighted by Gasteiger charge is 2.21. The Hall–Kier alpha value is -1.85. The largest absolute Gasteiger partial charge is 0.353 e. The molecular weight excluding hydrogens is 270 g/mol. The Bertz CT molecular complexity index is 388. The molecule has 118 valence electrons. The molecular formula is C15H25N3O3. The molecule has 0 aromatic rings. The zero-order valence-corrected chi connectivity index (χ0v) is 12.8. The molecule has 0 radical (unpaired) electrons. The topological polar surface area (TPSA) is 69.7 Å². The van der Waals surface area contributed by atoms with Gasteiger partial charge in [0, 0.05) is 46.1 Å². The van der Waals surface area contributed by atoms with Crippen molar-refractivity contribution in [2.75, 3.05) is 32.7 Å². The van der Waals surface area contributed by atoms with Crippen LogP contribution in [-0.4, -0.2) is 60.2 Å². The summed E-state index contributed by atoms with van der Waals surface area (Å²) in [6.07, 6.45) is 4.40. The molecule has 21 heavy (non-hydrogen) atoms. The lowest BCUT2D eigenvalue weighted by Gasteiger charge is -2.34. The zero-order chi connectivity index (χ0) is 15.7. The van der Waals surface area contributed by atoms with Crippen molar-refractivity contribution in [1.82, 2.24) is 15.1 Å². The SMILES string of the molecule is C=CC(=O)NCCCCCC(=O)N1CCN(C(C)=O)CC1. The van der Waals surface area contributed by atoms with Gasteiger partial charge < -0.3 is 15.1 Å². The summed E-state index contributed by atoms with van der Waals surface area (Å²) in [5, 5.41) is 2.71. The van der Waals surface area contributed by atoms with Crippen LogP contribution in [0.15, 0.2) is 12.7 Å². The predicted octanol–water partition coefficient (Wildman–Crippen LogP) is 0.540. The third-order valence-electron chi connectivity index (χ3n) is 3.63. The van der Waals surface area contributed by atoms with E-state index in [-0.39, 0.29) is 17.7 Å². The Labute approximate surface area is 126 Å². The number of rotatable bonds is 7. The lowest BCUT2D eigenvalue weighted by molar-refractivity contribution is -0.138. The van der Waals surface area contributed by atoms with Crippen molar-refractivity contribution >= 4 is 17.7 Å². The number of carbonyl (C=O) groups is 3. The van der Waals surface area contributed by atoms with Crippen LogP contribution in [0.4, 0.5) is 0 Å². The van der Waals surface area contributed by atoms with E-state index in [1.54, 1.807) is 11.8 Å². The van der Waals surface area contributed by atoms with Crippen LogP contribution in [0.2, 0.25) is 0 Å². The van der Waals surface area contributed by atoms with E-state index >= 15 is 0 Å². The molecule has 0 bridgehead atoms. The monoisotopic (exact) mass is 295 g/mol. The lowest BCUT2D eigenvalue weighted by atomic mass is 10.1. The molecule has 1 rings (SSSR count). The van der Waals surface area contributed by atoms with Crippen LogP contribution in [0.1, 0.15) is 32.6 Å². The number of piperazine rings is 1. The van der Waals surface area contributed by atoms with Gasteiger partial charge in [-0.3, -0.25) is 14.4 Å². The Morgan fingerprint density at radius 3 is 2.24 bits per heavy atom. The maximum atomic E-state index is 12.0. The van der Waals surface area contributed by atoms with Crippen LogP contribution >= 0.6 is 0 Å². The normalized spacial score (nSPS) is 14.7. The van der Waals surface area contributed by atoms with Gasteiger partial charge in [0.1, 0.15) is 0 Å². The number of hydrogen-bond donors (Lipinski definition) is 1. The van der Waals surface area contributed by atoms with Crippen LogP contribution in [-0.2, 0) is 14.4 Å². The number of nitrogens with zero attached hydrogens (tertiary/aromatic N) is 2. The Balaban J connectivity index is 2.08. The van der Waals surface area contributed by atoms with Crippen LogP contribution in [0, 0.1) is 0 Å². The van der Waals surface area contributed by atoms with E-state index in [4.69, 9.17) is 0 Å². The highest BCUT2D eigenvalue weighted by atomic mass is 16.2. The molecule has 0 aromatic heterocycles. The fourth-order valence-corrected chi connectivity index (χ4v) is 2.29. The minimum atomic E-state index is -0.158.